The maximum atomic E-state index is 12.0. The molecule has 0 saturated heterocycles. The van der Waals surface area contributed by atoms with Crippen molar-refractivity contribution in [1.29, 1.82) is 0 Å². The van der Waals surface area contributed by atoms with Gasteiger partial charge in [-0.15, -0.1) is 0 Å². The fraction of sp³-hybridized carbons (Fsp3) is 0.286. The summed E-state index contributed by atoms with van der Waals surface area (Å²) < 4.78 is 29.5. The van der Waals surface area contributed by atoms with Crippen LogP contribution in [0, 0.1) is 0 Å². The summed E-state index contributed by atoms with van der Waals surface area (Å²) in [4.78, 5) is 22.5. The van der Waals surface area contributed by atoms with E-state index >= 15 is 0 Å². The molecule has 0 radical (unpaired) electrons. The fourth-order valence-corrected chi connectivity index (χ4v) is 2.46. The number of methoxy groups -OCH3 is 1. The normalized spacial score (nSPS) is 11.6. The zero-order chi connectivity index (χ0) is 16.8. The molecular weight excluding hydrogens is 308 g/mol. The van der Waals surface area contributed by atoms with Crippen LogP contribution in [0.15, 0.2) is 41.3 Å². The summed E-state index contributed by atoms with van der Waals surface area (Å²) in [5.41, 5.74) is 0.628. The van der Waals surface area contributed by atoms with Crippen molar-refractivity contribution in [2.75, 3.05) is 21.2 Å². The first kappa shape index (κ1) is 17.9. The number of rotatable bonds is 6. The molecule has 8 heteroatoms. The Kier molecular flexibility index (Phi) is 6.26. The van der Waals surface area contributed by atoms with Crippen molar-refractivity contribution in [3.8, 4) is 0 Å². The van der Waals surface area contributed by atoms with Crippen molar-refractivity contribution in [3.63, 3.8) is 0 Å². The highest BCUT2D eigenvalue weighted by Crippen LogP contribution is 2.14. The topological polar surface area (TPSA) is 92.8 Å². The van der Waals surface area contributed by atoms with Crippen LogP contribution in [-0.4, -0.2) is 45.8 Å². The van der Waals surface area contributed by atoms with E-state index in [4.69, 9.17) is 0 Å². The third kappa shape index (κ3) is 4.97. The predicted octanol–water partition coefficient (Wildman–Crippen LogP) is 0.282. The molecule has 0 aromatic heterocycles. The summed E-state index contributed by atoms with van der Waals surface area (Å²) in [5.74, 6) is -1.11. The van der Waals surface area contributed by atoms with Crippen LogP contribution in [0.1, 0.15) is 5.56 Å². The van der Waals surface area contributed by atoms with Crippen LogP contribution in [0.4, 0.5) is 0 Å². The molecule has 0 aliphatic carbocycles. The molecule has 0 unspecified atom stereocenters. The van der Waals surface area contributed by atoms with Crippen LogP contribution in [0.2, 0.25) is 0 Å². The van der Waals surface area contributed by atoms with Gasteiger partial charge in [0.05, 0.1) is 12.0 Å². The lowest BCUT2D eigenvalue weighted by Crippen LogP contribution is -2.23. The Labute approximate surface area is 129 Å². The average molecular weight is 326 g/mol. The number of amides is 1. The van der Waals surface area contributed by atoms with Crippen LogP contribution in [-0.2, 0) is 30.9 Å². The number of carbonyl (C=O) groups excluding carboxylic acids is 2. The van der Waals surface area contributed by atoms with Gasteiger partial charge >= 0.3 is 5.97 Å². The maximum absolute atomic E-state index is 12.0. The van der Waals surface area contributed by atoms with Crippen molar-refractivity contribution in [3.05, 3.63) is 42.0 Å². The van der Waals surface area contributed by atoms with E-state index in [9.17, 15) is 18.0 Å². The van der Waals surface area contributed by atoms with Gasteiger partial charge in [0.15, 0.2) is 0 Å². The van der Waals surface area contributed by atoms with E-state index in [1.807, 2.05) is 0 Å². The number of hydrogen-bond acceptors (Lipinski definition) is 5. The molecule has 1 aromatic rings. The third-order valence-electron chi connectivity index (χ3n) is 2.72. The van der Waals surface area contributed by atoms with Crippen molar-refractivity contribution in [1.82, 2.24) is 9.62 Å². The van der Waals surface area contributed by atoms with Crippen LogP contribution in [0.5, 0.6) is 0 Å². The Bertz CT molecular complexity index is 680. The molecule has 7 nitrogen and oxygen atoms in total. The Balaban J connectivity index is 2.74. The van der Waals surface area contributed by atoms with Crippen LogP contribution in [0.3, 0.4) is 0 Å². The van der Waals surface area contributed by atoms with Crippen molar-refractivity contribution < 1.29 is 22.7 Å². The minimum absolute atomic E-state index is 0.140. The number of sulfonamides is 1. The van der Waals surface area contributed by atoms with E-state index in [-0.39, 0.29) is 11.4 Å². The first-order valence-corrected chi connectivity index (χ1v) is 7.76. The number of hydrogen-bond donors (Lipinski definition) is 1. The minimum atomic E-state index is -3.52. The zero-order valence-corrected chi connectivity index (χ0v) is 13.4. The molecule has 0 spiro atoms. The van der Waals surface area contributed by atoms with Crippen molar-refractivity contribution >= 4 is 21.9 Å². The van der Waals surface area contributed by atoms with Crippen LogP contribution < -0.4 is 5.32 Å². The molecule has 0 atom stereocenters. The van der Waals surface area contributed by atoms with Gasteiger partial charge in [-0.25, -0.2) is 17.5 Å². The Morgan fingerprint density at radius 3 is 2.55 bits per heavy atom. The molecule has 1 amide bonds. The molecule has 0 fully saturated rings. The van der Waals surface area contributed by atoms with E-state index in [2.05, 4.69) is 10.1 Å². The van der Waals surface area contributed by atoms with Crippen molar-refractivity contribution in [2.24, 2.45) is 0 Å². The summed E-state index contributed by atoms with van der Waals surface area (Å²) in [5, 5.41) is 2.54. The number of esters is 1. The van der Waals surface area contributed by atoms with Crippen LogP contribution in [0.25, 0.3) is 0 Å². The lowest BCUT2D eigenvalue weighted by Gasteiger charge is -2.12. The molecule has 1 aromatic carbocycles. The highest BCUT2D eigenvalue weighted by atomic mass is 32.2. The molecule has 0 saturated carbocycles. The van der Waals surface area contributed by atoms with Gasteiger partial charge in [-0.2, -0.15) is 0 Å². The first-order valence-electron chi connectivity index (χ1n) is 6.32. The molecule has 0 aliphatic heterocycles. The molecular formula is C14H18N2O5S. The van der Waals surface area contributed by atoms with Gasteiger partial charge in [0, 0.05) is 32.8 Å². The second-order valence-electron chi connectivity index (χ2n) is 4.51. The number of nitrogens with one attached hydrogen (secondary N) is 1. The largest absolute Gasteiger partial charge is 0.466 e. The number of carbonyl (C=O) groups is 2. The number of nitrogens with zero attached hydrogens (tertiary/aromatic N) is 1. The molecule has 0 heterocycles. The highest BCUT2D eigenvalue weighted by Gasteiger charge is 2.17. The van der Waals surface area contributed by atoms with E-state index in [1.54, 1.807) is 12.1 Å². The standard InChI is InChI=1S/C14H18N2O5S/c1-16(2)22(19,20)12-6-4-5-11(9-12)10-15-13(17)7-8-14(18)21-3/h4-9H,10H2,1-3H3,(H,15,17)/b8-7+. The second-order valence-corrected chi connectivity index (χ2v) is 6.66. The monoisotopic (exact) mass is 326 g/mol. The molecule has 1 rings (SSSR count). The summed E-state index contributed by atoms with van der Waals surface area (Å²) in [6.07, 6.45) is 2.05. The van der Waals surface area contributed by atoms with E-state index in [0.717, 1.165) is 16.5 Å². The second kappa shape index (κ2) is 7.71. The Hall–Kier alpha value is -2.19. The van der Waals surface area contributed by atoms with E-state index in [0.29, 0.717) is 5.56 Å². The highest BCUT2D eigenvalue weighted by molar-refractivity contribution is 7.89. The first-order chi connectivity index (χ1) is 10.3. The average Bonchev–Trinajstić information content (AvgIpc) is 2.50. The Morgan fingerprint density at radius 1 is 1.27 bits per heavy atom. The minimum Gasteiger partial charge on any atom is -0.466 e. The predicted molar refractivity (Wildman–Crippen MR) is 80.3 cm³/mol. The summed E-state index contributed by atoms with van der Waals surface area (Å²) >= 11 is 0. The fourth-order valence-electron chi connectivity index (χ4n) is 1.49. The van der Waals surface area contributed by atoms with Gasteiger partial charge in [-0.3, -0.25) is 4.79 Å². The van der Waals surface area contributed by atoms with Crippen LogP contribution >= 0.6 is 0 Å². The quantitative estimate of drug-likeness (QED) is 0.599. The molecule has 0 aliphatic rings. The zero-order valence-electron chi connectivity index (χ0n) is 12.6. The van der Waals surface area contributed by atoms with Gasteiger partial charge in [0.2, 0.25) is 15.9 Å². The van der Waals surface area contributed by atoms with Gasteiger partial charge < -0.3 is 10.1 Å². The summed E-state index contributed by atoms with van der Waals surface area (Å²) in [6, 6.07) is 6.26. The lowest BCUT2D eigenvalue weighted by molar-refractivity contribution is -0.135. The molecule has 120 valence electrons. The molecule has 1 N–H and O–H groups in total. The molecule has 22 heavy (non-hydrogen) atoms. The van der Waals surface area contributed by atoms with Gasteiger partial charge in [0.1, 0.15) is 0 Å². The summed E-state index contributed by atoms with van der Waals surface area (Å²) in [7, 11) is 0.584. The van der Waals surface area contributed by atoms with E-state index < -0.39 is 21.9 Å². The van der Waals surface area contributed by atoms with E-state index in [1.165, 1.54) is 33.3 Å². The number of ether oxygens (including phenoxy) is 1. The van der Waals surface area contributed by atoms with Gasteiger partial charge in [-0.05, 0) is 17.7 Å². The summed E-state index contributed by atoms with van der Waals surface area (Å²) in [6.45, 7) is 0.140. The number of benzene rings is 1. The van der Waals surface area contributed by atoms with Gasteiger partial charge in [0.25, 0.3) is 0 Å². The smallest absolute Gasteiger partial charge is 0.330 e. The lowest BCUT2D eigenvalue weighted by atomic mass is 10.2. The third-order valence-corrected chi connectivity index (χ3v) is 4.53. The molecule has 0 bridgehead atoms. The van der Waals surface area contributed by atoms with Gasteiger partial charge in [-0.1, -0.05) is 12.1 Å². The van der Waals surface area contributed by atoms with Crippen molar-refractivity contribution in [2.45, 2.75) is 11.4 Å². The Morgan fingerprint density at radius 2 is 1.95 bits per heavy atom. The maximum Gasteiger partial charge on any atom is 0.330 e. The SMILES string of the molecule is COC(=O)/C=C/C(=O)NCc1cccc(S(=O)(=O)N(C)C)c1.